The van der Waals surface area contributed by atoms with E-state index in [2.05, 4.69) is 15.9 Å². The van der Waals surface area contributed by atoms with Crippen LogP contribution >= 0.6 is 15.9 Å². The number of carbonyl (C=O) groups is 1. The minimum absolute atomic E-state index is 0.0885. The summed E-state index contributed by atoms with van der Waals surface area (Å²) in [6.07, 6.45) is 2.21. The van der Waals surface area contributed by atoms with Crippen molar-refractivity contribution >= 4 is 33.7 Å². The molecule has 0 radical (unpaired) electrons. The zero-order chi connectivity index (χ0) is 11.4. The number of hydrogen-bond donors (Lipinski definition) is 1. The van der Waals surface area contributed by atoms with Crippen LogP contribution in [0.25, 0.3) is 6.08 Å². The lowest BCUT2D eigenvalue weighted by molar-refractivity contribution is -0.384. The number of nitro benzene ring substituents is 1. The Morgan fingerprint density at radius 1 is 1.47 bits per heavy atom. The standard InChI is InChI=1S/C9H6BrNO4/c10-7-3-6(1-2-9(12)13)4-8(5-7)11(14)15/h1-5H,(H,12,13). The lowest BCUT2D eigenvalue weighted by atomic mass is 10.2. The molecule has 0 fully saturated rings. The normalized spacial score (nSPS) is 10.5. The Morgan fingerprint density at radius 3 is 2.67 bits per heavy atom. The maximum Gasteiger partial charge on any atom is 0.328 e. The molecule has 0 aromatic heterocycles. The van der Waals surface area contributed by atoms with Crippen LogP contribution in [0.3, 0.4) is 0 Å². The molecule has 0 bridgehead atoms. The fraction of sp³-hybridized carbons (Fsp3) is 0. The van der Waals surface area contributed by atoms with Gasteiger partial charge in [0.25, 0.3) is 5.69 Å². The van der Waals surface area contributed by atoms with Gasteiger partial charge in [-0.25, -0.2) is 4.79 Å². The largest absolute Gasteiger partial charge is 0.478 e. The molecule has 1 rings (SSSR count). The molecule has 6 heteroatoms. The Labute approximate surface area is 93.3 Å². The van der Waals surface area contributed by atoms with E-state index in [9.17, 15) is 14.9 Å². The SMILES string of the molecule is O=C(O)C=Cc1cc(Br)cc([N+](=O)[O-])c1. The third kappa shape index (κ3) is 3.51. The summed E-state index contributed by atoms with van der Waals surface area (Å²) < 4.78 is 0.529. The first-order valence-corrected chi connectivity index (χ1v) is 4.64. The highest BCUT2D eigenvalue weighted by atomic mass is 79.9. The number of benzene rings is 1. The van der Waals surface area contributed by atoms with Crippen molar-refractivity contribution in [3.8, 4) is 0 Å². The highest BCUT2D eigenvalue weighted by molar-refractivity contribution is 9.10. The van der Waals surface area contributed by atoms with E-state index in [1.165, 1.54) is 18.2 Å². The van der Waals surface area contributed by atoms with Crippen molar-refractivity contribution in [1.82, 2.24) is 0 Å². The molecule has 0 saturated heterocycles. The number of halogens is 1. The van der Waals surface area contributed by atoms with Crippen LogP contribution < -0.4 is 0 Å². The zero-order valence-electron chi connectivity index (χ0n) is 7.38. The predicted molar refractivity (Wildman–Crippen MR) is 57.5 cm³/mol. The van der Waals surface area contributed by atoms with Crippen LogP contribution in [0.2, 0.25) is 0 Å². The van der Waals surface area contributed by atoms with Gasteiger partial charge < -0.3 is 5.11 Å². The molecule has 0 unspecified atom stereocenters. The number of aliphatic carboxylic acids is 1. The van der Waals surface area contributed by atoms with Crippen molar-refractivity contribution in [2.75, 3.05) is 0 Å². The van der Waals surface area contributed by atoms with Crippen molar-refractivity contribution in [3.05, 3.63) is 44.4 Å². The molecule has 0 aliphatic carbocycles. The van der Waals surface area contributed by atoms with Crippen LogP contribution in [0.1, 0.15) is 5.56 Å². The third-order valence-corrected chi connectivity index (χ3v) is 1.99. The van der Waals surface area contributed by atoms with Crippen molar-refractivity contribution < 1.29 is 14.8 Å². The number of carboxylic acids is 1. The molecule has 15 heavy (non-hydrogen) atoms. The van der Waals surface area contributed by atoms with Gasteiger partial charge in [-0.1, -0.05) is 15.9 Å². The second kappa shape index (κ2) is 4.70. The fourth-order valence-corrected chi connectivity index (χ4v) is 1.46. The van der Waals surface area contributed by atoms with Gasteiger partial charge in [0.05, 0.1) is 4.92 Å². The van der Waals surface area contributed by atoms with Crippen LogP contribution in [0.15, 0.2) is 28.7 Å². The number of nitrogens with zero attached hydrogens (tertiary/aromatic N) is 1. The van der Waals surface area contributed by atoms with Crippen LogP contribution in [0, 0.1) is 10.1 Å². The third-order valence-electron chi connectivity index (χ3n) is 1.53. The first kappa shape index (κ1) is 11.4. The molecule has 1 aromatic carbocycles. The number of nitro groups is 1. The summed E-state index contributed by atoms with van der Waals surface area (Å²) >= 11 is 3.10. The summed E-state index contributed by atoms with van der Waals surface area (Å²) in [5, 5.41) is 18.9. The van der Waals surface area contributed by atoms with Crippen LogP contribution in [-0.2, 0) is 4.79 Å². The van der Waals surface area contributed by atoms with E-state index in [0.29, 0.717) is 10.0 Å². The molecule has 1 aromatic rings. The Morgan fingerprint density at radius 2 is 2.13 bits per heavy atom. The maximum absolute atomic E-state index is 10.5. The number of non-ortho nitro benzene ring substituents is 1. The highest BCUT2D eigenvalue weighted by Crippen LogP contribution is 2.21. The molecule has 0 heterocycles. The summed E-state index contributed by atoms with van der Waals surface area (Å²) in [6, 6.07) is 4.23. The summed E-state index contributed by atoms with van der Waals surface area (Å²) in [7, 11) is 0. The topological polar surface area (TPSA) is 80.4 Å². The minimum Gasteiger partial charge on any atom is -0.478 e. The average molecular weight is 272 g/mol. The van der Waals surface area contributed by atoms with Gasteiger partial charge in [-0.15, -0.1) is 0 Å². The fourth-order valence-electron chi connectivity index (χ4n) is 0.965. The van der Waals surface area contributed by atoms with Crippen molar-refractivity contribution in [2.45, 2.75) is 0 Å². The van der Waals surface area contributed by atoms with E-state index in [1.54, 1.807) is 6.07 Å². The summed E-state index contributed by atoms with van der Waals surface area (Å²) in [6.45, 7) is 0. The van der Waals surface area contributed by atoms with Crippen LogP contribution in [-0.4, -0.2) is 16.0 Å². The number of rotatable bonds is 3. The lowest BCUT2D eigenvalue weighted by Crippen LogP contribution is -1.89. The average Bonchev–Trinajstić information content (AvgIpc) is 2.13. The van der Waals surface area contributed by atoms with Gasteiger partial charge in [-0.3, -0.25) is 10.1 Å². The molecule has 0 amide bonds. The molecular formula is C9H6BrNO4. The first-order chi connectivity index (χ1) is 6.99. The molecule has 0 aliphatic rings. The molecule has 5 nitrogen and oxygen atoms in total. The maximum atomic E-state index is 10.5. The second-order valence-corrected chi connectivity index (χ2v) is 3.59. The molecular weight excluding hydrogens is 266 g/mol. The van der Waals surface area contributed by atoms with Gasteiger partial charge in [0.1, 0.15) is 0 Å². The first-order valence-electron chi connectivity index (χ1n) is 3.85. The van der Waals surface area contributed by atoms with Crippen molar-refractivity contribution in [3.63, 3.8) is 0 Å². The Hall–Kier alpha value is -1.69. The van der Waals surface area contributed by atoms with Gasteiger partial charge in [0, 0.05) is 22.7 Å². The monoisotopic (exact) mass is 271 g/mol. The quantitative estimate of drug-likeness (QED) is 0.520. The van der Waals surface area contributed by atoms with E-state index in [0.717, 1.165) is 6.08 Å². The van der Waals surface area contributed by atoms with Gasteiger partial charge >= 0.3 is 5.97 Å². The van der Waals surface area contributed by atoms with Crippen molar-refractivity contribution in [2.24, 2.45) is 0 Å². The summed E-state index contributed by atoms with van der Waals surface area (Å²) in [5.41, 5.74) is 0.368. The molecule has 0 saturated carbocycles. The predicted octanol–water partition coefficient (Wildman–Crippen LogP) is 2.46. The van der Waals surface area contributed by atoms with E-state index in [-0.39, 0.29) is 5.69 Å². The van der Waals surface area contributed by atoms with Gasteiger partial charge in [-0.2, -0.15) is 0 Å². The van der Waals surface area contributed by atoms with Crippen LogP contribution in [0.5, 0.6) is 0 Å². The number of carboxylic acid groups (broad SMARTS) is 1. The molecule has 0 aliphatic heterocycles. The molecule has 0 atom stereocenters. The van der Waals surface area contributed by atoms with Crippen molar-refractivity contribution in [1.29, 1.82) is 0 Å². The lowest BCUT2D eigenvalue weighted by Gasteiger charge is -1.96. The molecule has 0 spiro atoms. The Bertz CT molecular complexity index is 442. The summed E-state index contributed by atoms with van der Waals surface area (Å²) in [5.74, 6) is -1.10. The summed E-state index contributed by atoms with van der Waals surface area (Å²) in [4.78, 5) is 20.2. The van der Waals surface area contributed by atoms with E-state index < -0.39 is 10.9 Å². The molecule has 1 N–H and O–H groups in total. The van der Waals surface area contributed by atoms with E-state index >= 15 is 0 Å². The Balaban J connectivity index is 3.09. The van der Waals surface area contributed by atoms with E-state index in [1.807, 2.05) is 0 Å². The van der Waals surface area contributed by atoms with Gasteiger partial charge in [-0.05, 0) is 17.7 Å². The zero-order valence-corrected chi connectivity index (χ0v) is 8.97. The smallest absolute Gasteiger partial charge is 0.328 e. The van der Waals surface area contributed by atoms with E-state index in [4.69, 9.17) is 5.11 Å². The molecule has 78 valence electrons. The highest BCUT2D eigenvalue weighted by Gasteiger charge is 2.07. The van der Waals surface area contributed by atoms with Gasteiger partial charge in [0.15, 0.2) is 0 Å². The minimum atomic E-state index is -1.10. The van der Waals surface area contributed by atoms with Gasteiger partial charge in [0.2, 0.25) is 0 Å². The second-order valence-electron chi connectivity index (χ2n) is 2.67. The number of hydrogen-bond acceptors (Lipinski definition) is 3. The van der Waals surface area contributed by atoms with Crippen LogP contribution in [0.4, 0.5) is 5.69 Å². The Kier molecular flexibility index (Phi) is 3.56.